The highest BCUT2D eigenvalue weighted by molar-refractivity contribution is 5.98. The van der Waals surface area contributed by atoms with Crippen molar-refractivity contribution < 1.29 is 9.53 Å². The molecular weight excluding hydrogens is 296 g/mol. The Bertz CT molecular complexity index is 542. The first-order valence-corrected chi connectivity index (χ1v) is 8.05. The van der Waals surface area contributed by atoms with Gasteiger partial charge in [-0.3, -0.25) is 14.5 Å². The number of hydrogen-bond acceptors (Lipinski definition) is 4. The quantitative estimate of drug-likeness (QED) is 0.456. The average molecular weight is 322 g/mol. The Morgan fingerprint density at radius 2 is 2.26 bits per heavy atom. The third-order valence-electron chi connectivity index (χ3n) is 3.56. The molecule has 2 rings (SSSR count). The first-order chi connectivity index (χ1) is 11.2. The second kappa shape index (κ2) is 8.52. The maximum absolute atomic E-state index is 12.4. The van der Waals surface area contributed by atoms with Gasteiger partial charge in [-0.2, -0.15) is 5.10 Å². The molecule has 0 aromatic carbocycles. The number of nitrogens with zero attached hydrogens (tertiary/aromatic N) is 5. The molecule has 128 valence electrons. The van der Waals surface area contributed by atoms with Crippen LogP contribution in [0.4, 0.5) is 5.69 Å². The number of anilines is 1. The monoisotopic (exact) mass is 322 g/mol. The molecule has 1 N–H and O–H groups in total. The van der Waals surface area contributed by atoms with E-state index in [2.05, 4.69) is 15.4 Å². The highest BCUT2D eigenvalue weighted by Gasteiger charge is 2.27. The van der Waals surface area contributed by atoms with Crippen molar-refractivity contribution in [2.45, 2.75) is 13.8 Å². The maximum Gasteiger partial charge on any atom is 0.246 e. The molecule has 1 amide bonds. The summed E-state index contributed by atoms with van der Waals surface area (Å²) in [7, 11) is 1.85. The van der Waals surface area contributed by atoms with Gasteiger partial charge in [-0.1, -0.05) is 0 Å². The van der Waals surface area contributed by atoms with Gasteiger partial charge in [0.25, 0.3) is 0 Å². The summed E-state index contributed by atoms with van der Waals surface area (Å²) in [4.78, 5) is 20.7. The minimum atomic E-state index is 0.0552. The van der Waals surface area contributed by atoms with Crippen LogP contribution >= 0.6 is 0 Å². The number of guanidine groups is 1. The van der Waals surface area contributed by atoms with Gasteiger partial charge in [-0.15, -0.1) is 0 Å². The van der Waals surface area contributed by atoms with E-state index in [-0.39, 0.29) is 5.91 Å². The van der Waals surface area contributed by atoms with Crippen LogP contribution < -0.4 is 10.2 Å². The molecule has 0 saturated carbocycles. The lowest BCUT2D eigenvalue weighted by atomic mass is 10.3. The van der Waals surface area contributed by atoms with Crippen LogP contribution in [0.3, 0.4) is 0 Å². The van der Waals surface area contributed by atoms with Gasteiger partial charge < -0.3 is 19.9 Å². The van der Waals surface area contributed by atoms with Crippen LogP contribution in [0.1, 0.15) is 13.8 Å². The molecule has 0 unspecified atom stereocenters. The first kappa shape index (κ1) is 17.3. The number of piperazine rings is 1. The smallest absolute Gasteiger partial charge is 0.246 e. The van der Waals surface area contributed by atoms with Crippen molar-refractivity contribution in [1.29, 1.82) is 0 Å². The highest BCUT2D eigenvalue weighted by atomic mass is 16.5. The summed E-state index contributed by atoms with van der Waals surface area (Å²) in [5.74, 6) is 0.825. The topological polar surface area (TPSA) is 75.0 Å². The van der Waals surface area contributed by atoms with Gasteiger partial charge in [0.15, 0.2) is 5.96 Å². The van der Waals surface area contributed by atoms with Crippen molar-refractivity contribution >= 4 is 17.6 Å². The fraction of sp³-hybridized carbons (Fsp3) is 0.667. The van der Waals surface area contributed by atoms with E-state index in [1.165, 1.54) is 0 Å². The van der Waals surface area contributed by atoms with E-state index >= 15 is 0 Å². The van der Waals surface area contributed by atoms with E-state index in [1.807, 2.05) is 32.0 Å². The Hall–Kier alpha value is -2.09. The Balaban J connectivity index is 1.97. The fourth-order valence-electron chi connectivity index (χ4n) is 2.46. The zero-order valence-electron chi connectivity index (χ0n) is 14.2. The van der Waals surface area contributed by atoms with Crippen LogP contribution in [-0.4, -0.2) is 72.5 Å². The number of carbonyl (C=O) groups excluding carboxylic acids is 1. The minimum Gasteiger partial charge on any atom is -0.380 e. The summed E-state index contributed by atoms with van der Waals surface area (Å²) in [5.41, 5.74) is 0.843. The van der Waals surface area contributed by atoms with Gasteiger partial charge in [0, 0.05) is 39.5 Å². The number of ether oxygens (including phenoxy) is 1. The van der Waals surface area contributed by atoms with E-state index in [0.29, 0.717) is 32.8 Å². The van der Waals surface area contributed by atoms with E-state index in [9.17, 15) is 4.79 Å². The summed E-state index contributed by atoms with van der Waals surface area (Å²) in [5, 5.41) is 7.37. The first-order valence-electron chi connectivity index (χ1n) is 8.05. The van der Waals surface area contributed by atoms with Gasteiger partial charge in [0.2, 0.25) is 5.91 Å². The highest BCUT2D eigenvalue weighted by Crippen LogP contribution is 2.15. The van der Waals surface area contributed by atoms with Crippen LogP contribution in [0.15, 0.2) is 17.4 Å². The van der Waals surface area contributed by atoms with E-state index < -0.39 is 0 Å². The number of aryl methyl sites for hydroxylation is 1. The minimum absolute atomic E-state index is 0.0552. The number of carbonyl (C=O) groups is 1. The van der Waals surface area contributed by atoms with Gasteiger partial charge >= 0.3 is 0 Å². The Labute approximate surface area is 137 Å². The van der Waals surface area contributed by atoms with Crippen LogP contribution in [0.25, 0.3) is 0 Å². The molecule has 0 spiro atoms. The van der Waals surface area contributed by atoms with Crippen LogP contribution in [0, 0.1) is 0 Å². The lowest BCUT2D eigenvalue weighted by Crippen LogP contribution is -2.55. The molecule has 0 aliphatic carbocycles. The normalized spacial score (nSPS) is 16.1. The van der Waals surface area contributed by atoms with Crippen molar-refractivity contribution in [2.24, 2.45) is 12.0 Å². The molecule has 8 heteroatoms. The second-order valence-electron chi connectivity index (χ2n) is 5.27. The van der Waals surface area contributed by atoms with Gasteiger partial charge in [-0.05, 0) is 13.8 Å². The predicted molar refractivity (Wildman–Crippen MR) is 89.6 cm³/mol. The molecule has 1 aromatic rings. The van der Waals surface area contributed by atoms with Crippen LogP contribution in [-0.2, 0) is 16.6 Å². The molecule has 2 heterocycles. The van der Waals surface area contributed by atoms with Crippen molar-refractivity contribution in [3.8, 4) is 0 Å². The molecule has 23 heavy (non-hydrogen) atoms. The third-order valence-corrected chi connectivity index (χ3v) is 3.56. The zero-order valence-corrected chi connectivity index (χ0v) is 14.2. The lowest BCUT2D eigenvalue weighted by molar-refractivity contribution is -0.120. The lowest BCUT2D eigenvalue weighted by Gasteiger charge is -2.35. The number of rotatable bonds is 6. The maximum atomic E-state index is 12.4. The van der Waals surface area contributed by atoms with Crippen molar-refractivity contribution in [3.05, 3.63) is 12.4 Å². The largest absolute Gasteiger partial charge is 0.380 e. The van der Waals surface area contributed by atoms with Crippen LogP contribution in [0.5, 0.6) is 0 Å². The molecule has 1 aliphatic heterocycles. The third kappa shape index (κ3) is 4.69. The summed E-state index contributed by atoms with van der Waals surface area (Å²) in [6.45, 7) is 8.30. The standard InChI is InChI=1S/C15H26N6O2/c1-4-16-15(17-6-9-23-5-2)20-7-8-21(14(22)12-20)13-10-18-19(3)11-13/h10-11H,4-9,12H2,1-3H3,(H,16,17). The van der Waals surface area contributed by atoms with Crippen LogP contribution in [0.2, 0.25) is 0 Å². The van der Waals surface area contributed by atoms with Gasteiger partial charge in [-0.25, -0.2) is 0 Å². The SMILES string of the molecule is CCNC(=NCCOCC)N1CCN(c2cnn(C)c2)C(=O)C1. The van der Waals surface area contributed by atoms with Crippen molar-refractivity contribution in [3.63, 3.8) is 0 Å². The molecule has 1 fully saturated rings. The second-order valence-corrected chi connectivity index (χ2v) is 5.27. The molecule has 0 bridgehead atoms. The van der Waals surface area contributed by atoms with Crippen molar-refractivity contribution in [2.75, 3.05) is 50.8 Å². The fourth-order valence-corrected chi connectivity index (χ4v) is 2.46. The average Bonchev–Trinajstić information content (AvgIpc) is 2.96. The molecule has 1 saturated heterocycles. The van der Waals surface area contributed by atoms with Gasteiger partial charge in [0.1, 0.15) is 6.54 Å². The summed E-state index contributed by atoms with van der Waals surface area (Å²) >= 11 is 0. The Kier molecular flexibility index (Phi) is 6.40. The number of aliphatic imine (C=N–C) groups is 1. The number of aromatic nitrogens is 2. The Morgan fingerprint density at radius 1 is 1.43 bits per heavy atom. The molecule has 0 radical (unpaired) electrons. The summed E-state index contributed by atoms with van der Waals surface area (Å²) in [6, 6.07) is 0. The molecular formula is C15H26N6O2. The summed E-state index contributed by atoms with van der Waals surface area (Å²) in [6.07, 6.45) is 3.57. The number of amides is 1. The summed E-state index contributed by atoms with van der Waals surface area (Å²) < 4.78 is 7.01. The zero-order chi connectivity index (χ0) is 16.7. The van der Waals surface area contributed by atoms with Gasteiger partial charge in [0.05, 0.1) is 25.0 Å². The Morgan fingerprint density at radius 3 is 2.87 bits per heavy atom. The van der Waals surface area contributed by atoms with E-state index in [1.54, 1.807) is 15.8 Å². The van der Waals surface area contributed by atoms with E-state index in [4.69, 9.17) is 4.74 Å². The molecule has 0 atom stereocenters. The molecule has 1 aliphatic rings. The van der Waals surface area contributed by atoms with Crippen molar-refractivity contribution in [1.82, 2.24) is 20.0 Å². The number of nitrogens with one attached hydrogen (secondary N) is 1. The molecule has 8 nitrogen and oxygen atoms in total. The number of hydrogen-bond donors (Lipinski definition) is 1. The molecule has 1 aromatic heterocycles. The van der Waals surface area contributed by atoms with E-state index in [0.717, 1.165) is 24.7 Å². The predicted octanol–water partition coefficient (Wildman–Crippen LogP) is 0.0707.